The quantitative estimate of drug-likeness (QED) is 0.0146. The van der Waals surface area contributed by atoms with E-state index < -0.39 is 91.5 Å². The molecule has 0 aromatic heterocycles. The Morgan fingerprint density at radius 1 is 0.243 bits per heavy atom. The van der Waals surface area contributed by atoms with Gasteiger partial charge in [0, 0.05) is 19.3 Å². The monoisotopic (exact) mass is 1640 g/mol. The van der Waals surface area contributed by atoms with Crippen LogP contribution in [0.1, 0.15) is 329 Å². The number of carbonyl (C=O) groups excluding carboxylic acids is 3. The molecular weight excluding hydrogens is 1480 g/mol. The smallest absolute Gasteiger partial charge is 0.463 e. The van der Waals surface area contributed by atoms with E-state index in [2.05, 4.69) is 227 Å². The molecule has 0 saturated heterocycles. The Morgan fingerprint density at radius 3 is 0.687 bits per heavy atom. The molecule has 5 atom stereocenters. The van der Waals surface area contributed by atoms with Gasteiger partial charge in [0.15, 0.2) is 6.10 Å². The number of hydrogen-bond acceptors (Lipinski definition) is 14. The summed E-state index contributed by atoms with van der Waals surface area (Å²) >= 11 is 0. The molecule has 0 fully saturated rings. The molecule has 5 unspecified atom stereocenters. The molecule has 0 spiro atoms. The first kappa shape index (κ1) is 109. The van der Waals surface area contributed by atoms with E-state index in [1.54, 1.807) is 0 Å². The van der Waals surface area contributed by atoms with Crippen LogP contribution in [0.15, 0.2) is 207 Å². The van der Waals surface area contributed by atoms with E-state index >= 15 is 0 Å². The fourth-order valence-corrected chi connectivity index (χ4v) is 13.0. The minimum absolute atomic E-state index is 0.0867. The molecule has 0 bridgehead atoms. The number of unbranched alkanes of at least 4 members (excludes halogenated alkanes) is 25. The van der Waals surface area contributed by atoms with Gasteiger partial charge in [0.2, 0.25) is 0 Å². The van der Waals surface area contributed by atoms with Gasteiger partial charge in [0.05, 0.1) is 26.4 Å². The highest BCUT2D eigenvalue weighted by Crippen LogP contribution is 2.45. The van der Waals surface area contributed by atoms with Crippen LogP contribution in [0.25, 0.3) is 0 Å². The van der Waals surface area contributed by atoms with E-state index in [1.165, 1.54) is 44.9 Å². The SMILES string of the molecule is CC/C=C\C/C=C\C/C=C\C/C=C\C/C=C\C/C=C\CCCCCCCCCCC(=O)OCC(O)COP(=O)(O)OCC(O)COP(=O)(O)OCC(COC(=O)CCCCCCCCCC/C=C\C/C=C\C/C=C\C/C=C\C/C=C\C/C=C\CC)OC(=O)CCCCCCCCCCC/C=C\C/C=C\C/C=C\C/C=C\C/C=C\CC. The topological polar surface area (TPSA) is 231 Å². The molecule has 0 aromatic carbocycles. The number of allylic oxidation sites excluding steroid dienone is 34. The zero-order valence-corrected chi connectivity index (χ0v) is 73.4. The molecule has 0 heterocycles. The van der Waals surface area contributed by atoms with E-state index in [4.69, 9.17) is 32.3 Å². The summed E-state index contributed by atoms with van der Waals surface area (Å²) < 4.78 is 61.4. The van der Waals surface area contributed by atoms with E-state index in [1.807, 2.05) is 0 Å². The van der Waals surface area contributed by atoms with E-state index in [9.17, 15) is 43.5 Å². The van der Waals surface area contributed by atoms with Gasteiger partial charge in [-0.05, 0) is 167 Å². The van der Waals surface area contributed by atoms with Crippen molar-refractivity contribution in [2.75, 3.05) is 39.6 Å². The van der Waals surface area contributed by atoms with Crippen molar-refractivity contribution in [1.82, 2.24) is 0 Å². The van der Waals surface area contributed by atoms with Gasteiger partial charge in [0.25, 0.3) is 0 Å². The summed E-state index contributed by atoms with van der Waals surface area (Å²) in [6, 6.07) is 0. The predicted molar refractivity (Wildman–Crippen MR) is 481 cm³/mol. The minimum Gasteiger partial charge on any atom is -0.463 e. The van der Waals surface area contributed by atoms with Gasteiger partial charge in [-0.3, -0.25) is 32.5 Å². The normalized spacial score (nSPS) is 14.8. The van der Waals surface area contributed by atoms with Gasteiger partial charge < -0.3 is 34.2 Å². The lowest BCUT2D eigenvalue weighted by Crippen LogP contribution is -2.30. The summed E-state index contributed by atoms with van der Waals surface area (Å²) in [5, 5.41) is 20.7. The van der Waals surface area contributed by atoms with Gasteiger partial charge >= 0.3 is 33.6 Å². The number of phosphoric acid groups is 2. The van der Waals surface area contributed by atoms with E-state index in [-0.39, 0.29) is 19.3 Å². The van der Waals surface area contributed by atoms with Crippen molar-refractivity contribution >= 4 is 33.6 Å². The van der Waals surface area contributed by atoms with Crippen molar-refractivity contribution in [2.45, 2.75) is 347 Å². The molecule has 0 amide bonds. The van der Waals surface area contributed by atoms with Crippen molar-refractivity contribution < 1.29 is 75.8 Å². The van der Waals surface area contributed by atoms with Crippen molar-refractivity contribution in [3.8, 4) is 0 Å². The van der Waals surface area contributed by atoms with Crippen LogP contribution >= 0.6 is 15.6 Å². The first-order valence-corrected chi connectivity index (χ1v) is 47.4. The van der Waals surface area contributed by atoms with E-state index in [0.717, 1.165) is 225 Å². The highest BCUT2D eigenvalue weighted by atomic mass is 31.2. The number of carbonyl (C=O) groups is 3. The first-order chi connectivity index (χ1) is 56.2. The lowest BCUT2D eigenvalue weighted by molar-refractivity contribution is -0.161. The molecule has 652 valence electrons. The second kappa shape index (κ2) is 87.4. The number of phosphoric ester groups is 2. The Labute approximate surface area is 699 Å². The summed E-state index contributed by atoms with van der Waals surface area (Å²) in [5.41, 5.74) is 0. The molecule has 0 aliphatic carbocycles. The molecule has 0 rings (SSSR count). The van der Waals surface area contributed by atoms with Crippen LogP contribution in [0.5, 0.6) is 0 Å². The standard InChI is InChI=1S/C97H158O16P2/c1-4-7-10-13-16-19-22-25-28-31-34-37-40-43-45-48-50-53-56-59-62-65-68-71-74-77-80-83-95(100)107-86-92(98)87-109-114(103,104)110-88-93(99)89-111-115(105,106)112-91-94(113-97(102)85-82-79-76-73-70-67-64-61-58-55-52-47-42-39-36-33-30-27-24-21-18-15-12-9-6-3)90-108-96(101)84-81-78-75-72-69-66-63-60-57-54-51-49-46-44-41-38-35-32-29-26-23-20-17-14-11-8-5-2/h7-12,16-21,25-30,34-39,43-47,50-54,92-94,98-99H,4-6,13-15,22-24,31-33,40-42,48-49,55-91H2,1-3H3,(H,103,104)(H,105,106)/b10-7-,11-8-,12-9-,19-16-,20-17-,21-18-,28-25-,29-26-,30-27-,37-34-,38-35-,39-36-,45-43-,46-44-,52-47-,53-50-,54-51-. The second-order valence-corrected chi connectivity index (χ2v) is 31.8. The Balaban J connectivity index is 4.73. The fraction of sp³-hybridized carbons (Fsp3) is 0.619. The van der Waals surface area contributed by atoms with Crippen molar-refractivity contribution in [3.05, 3.63) is 207 Å². The molecule has 0 saturated carbocycles. The van der Waals surface area contributed by atoms with Crippen LogP contribution in [-0.2, 0) is 55.8 Å². The van der Waals surface area contributed by atoms with Gasteiger partial charge in [0.1, 0.15) is 25.4 Å². The summed E-state index contributed by atoms with van der Waals surface area (Å²) in [4.78, 5) is 59.0. The Bertz CT molecular complexity index is 2920. The highest BCUT2D eigenvalue weighted by Gasteiger charge is 2.29. The molecule has 0 aromatic rings. The third kappa shape index (κ3) is 88.8. The number of esters is 3. The maximum absolute atomic E-state index is 13.1. The average Bonchev–Trinajstić information content (AvgIpc) is 0.908. The van der Waals surface area contributed by atoms with Crippen LogP contribution in [-0.4, -0.2) is 95.9 Å². The third-order valence-electron chi connectivity index (χ3n) is 18.0. The number of hydrogen-bond donors (Lipinski definition) is 4. The second-order valence-electron chi connectivity index (χ2n) is 28.9. The summed E-state index contributed by atoms with van der Waals surface area (Å²) in [5.74, 6) is -1.61. The molecule has 4 N–H and O–H groups in total. The lowest BCUT2D eigenvalue weighted by Gasteiger charge is -2.21. The molecule has 16 nitrogen and oxygen atoms in total. The summed E-state index contributed by atoms with van der Waals surface area (Å²) in [7, 11) is -9.83. The largest absolute Gasteiger partial charge is 0.472 e. The maximum atomic E-state index is 13.1. The highest BCUT2D eigenvalue weighted by molar-refractivity contribution is 7.47. The Hall–Kier alpha value is -5.87. The van der Waals surface area contributed by atoms with Gasteiger partial charge in [-0.1, -0.05) is 349 Å². The number of rotatable bonds is 82. The lowest BCUT2D eigenvalue weighted by atomic mass is 10.1. The fourth-order valence-electron chi connectivity index (χ4n) is 11.4. The maximum Gasteiger partial charge on any atom is 0.472 e. The molecular formula is C97H158O16P2. The number of ether oxygens (including phenoxy) is 3. The summed E-state index contributed by atoms with van der Waals surface area (Å²) in [6.07, 6.45) is 117. The molecule has 0 radical (unpaired) electrons. The first-order valence-electron chi connectivity index (χ1n) is 44.4. The van der Waals surface area contributed by atoms with Gasteiger partial charge in [-0.15, -0.1) is 0 Å². The zero-order chi connectivity index (χ0) is 83.6. The minimum atomic E-state index is -4.95. The molecule has 115 heavy (non-hydrogen) atoms. The molecule has 0 aliphatic rings. The van der Waals surface area contributed by atoms with Gasteiger partial charge in [-0.2, -0.15) is 0 Å². The van der Waals surface area contributed by atoms with Crippen LogP contribution in [0, 0.1) is 0 Å². The summed E-state index contributed by atoms with van der Waals surface area (Å²) in [6.45, 7) is 2.32. The van der Waals surface area contributed by atoms with Crippen LogP contribution in [0.4, 0.5) is 0 Å². The van der Waals surface area contributed by atoms with Crippen molar-refractivity contribution in [3.63, 3.8) is 0 Å². The van der Waals surface area contributed by atoms with Crippen LogP contribution < -0.4 is 0 Å². The van der Waals surface area contributed by atoms with Crippen LogP contribution in [0.2, 0.25) is 0 Å². The third-order valence-corrected chi connectivity index (χ3v) is 19.9. The van der Waals surface area contributed by atoms with Gasteiger partial charge in [-0.25, -0.2) is 9.13 Å². The molecule has 0 aliphatic heterocycles. The number of aliphatic hydroxyl groups is 2. The molecule has 18 heteroatoms. The number of aliphatic hydroxyl groups excluding tert-OH is 2. The van der Waals surface area contributed by atoms with Crippen LogP contribution in [0.3, 0.4) is 0 Å². The Kier molecular flexibility index (Phi) is 83.0. The Morgan fingerprint density at radius 2 is 0.435 bits per heavy atom. The van der Waals surface area contributed by atoms with E-state index in [0.29, 0.717) is 19.3 Å². The zero-order valence-electron chi connectivity index (χ0n) is 71.6. The van der Waals surface area contributed by atoms with Crippen molar-refractivity contribution in [1.29, 1.82) is 0 Å². The van der Waals surface area contributed by atoms with Crippen molar-refractivity contribution in [2.24, 2.45) is 0 Å². The average molecular weight is 1640 g/mol. The predicted octanol–water partition coefficient (Wildman–Crippen LogP) is 27.2.